The molecule has 0 bridgehead atoms. The predicted octanol–water partition coefficient (Wildman–Crippen LogP) is 1.91. The van der Waals surface area contributed by atoms with E-state index in [-0.39, 0.29) is 11.5 Å². The van der Waals surface area contributed by atoms with Gasteiger partial charge in [0.1, 0.15) is 5.75 Å². The first-order chi connectivity index (χ1) is 15.8. The number of carbonyl (C=O) groups is 2. The van der Waals surface area contributed by atoms with Gasteiger partial charge in [0.05, 0.1) is 18.1 Å². The Morgan fingerprint density at radius 1 is 1.12 bits per heavy atom. The molecule has 0 spiro atoms. The van der Waals surface area contributed by atoms with Crippen LogP contribution in [0.3, 0.4) is 0 Å². The van der Waals surface area contributed by atoms with Gasteiger partial charge in [-0.1, -0.05) is 23.7 Å². The Morgan fingerprint density at radius 3 is 2.48 bits per heavy atom. The van der Waals surface area contributed by atoms with Crippen LogP contribution in [0.25, 0.3) is 6.08 Å². The number of sulfonamides is 1. The highest BCUT2D eigenvalue weighted by Crippen LogP contribution is 2.21. The van der Waals surface area contributed by atoms with Gasteiger partial charge >= 0.3 is 0 Å². The Kier molecular flexibility index (Phi) is 8.45. The summed E-state index contributed by atoms with van der Waals surface area (Å²) in [5, 5.41) is 0.596. The lowest BCUT2D eigenvalue weighted by molar-refractivity contribution is -0.128. The minimum absolute atomic E-state index is 0.175. The number of ether oxygens (including phenoxy) is 2. The minimum Gasteiger partial charge on any atom is -0.484 e. The molecule has 0 atom stereocenters. The number of morpholine rings is 1. The Labute approximate surface area is 197 Å². The van der Waals surface area contributed by atoms with E-state index in [1.807, 2.05) is 6.92 Å². The first-order valence-corrected chi connectivity index (χ1v) is 11.9. The van der Waals surface area contributed by atoms with E-state index in [2.05, 4.69) is 10.9 Å². The van der Waals surface area contributed by atoms with Crippen LogP contribution in [0.5, 0.6) is 5.75 Å². The summed E-state index contributed by atoms with van der Waals surface area (Å²) in [6, 6.07) is 11.2. The van der Waals surface area contributed by atoms with E-state index in [4.69, 9.17) is 21.1 Å². The summed E-state index contributed by atoms with van der Waals surface area (Å²) in [5.74, 6) is -0.616. The van der Waals surface area contributed by atoms with E-state index in [9.17, 15) is 18.0 Å². The van der Waals surface area contributed by atoms with Gasteiger partial charge in [-0.15, -0.1) is 0 Å². The Balaban J connectivity index is 1.46. The van der Waals surface area contributed by atoms with Crippen molar-refractivity contribution in [3.05, 3.63) is 64.7 Å². The van der Waals surface area contributed by atoms with Crippen LogP contribution in [0, 0.1) is 6.92 Å². The predicted molar refractivity (Wildman–Crippen MR) is 123 cm³/mol. The third-order valence-electron chi connectivity index (χ3n) is 4.74. The molecule has 2 aromatic carbocycles. The van der Waals surface area contributed by atoms with Crippen LogP contribution in [-0.2, 0) is 24.3 Å². The molecule has 1 aliphatic heterocycles. The number of carbonyl (C=O) groups excluding carboxylic acids is 2. The van der Waals surface area contributed by atoms with E-state index >= 15 is 0 Å². The molecule has 0 saturated carbocycles. The Morgan fingerprint density at radius 2 is 1.82 bits per heavy atom. The molecular weight excluding hydrogens is 470 g/mol. The smallest absolute Gasteiger partial charge is 0.276 e. The van der Waals surface area contributed by atoms with Crippen molar-refractivity contribution in [2.75, 3.05) is 32.9 Å². The third-order valence-corrected chi connectivity index (χ3v) is 7.08. The van der Waals surface area contributed by atoms with Crippen LogP contribution in [0.2, 0.25) is 5.02 Å². The Bertz CT molecular complexity index is 1130. The molecule has 2 amide bonds. The third kappa shape index (κ3) is 7.03. The molecule has 0 aromatic heterocycles. The summed E-state index contributed by atoms with van der Waals surface area (Å²) in [7, 11) is -3.57. The van der Waals surface area contributed by atoms with Gasteiger partial charge in [0, 0.05) is 24.2 Å². The maximum Gasteiger partial charge on any atom is 0.276 e. The molecule has 33 heavy (non-hydrogen) atoms. The quantitative estimate of drug-likeness (QED) is 0.450. The van der Waals surface area contributed by atoms with E-state index in [0.717, 1.165) is 5.56 Å². The highest BCUT2D eigenvalue weighted by atomic mass is 35.5. The fourth-order valence-corrected chi connectivity index (χ4v) is 4.45. The molecule has 1 heterocycles. The zero-order valence-corrected chi connectivity index (χ0v) is 19.5. The van der Waals surface area contributed by atoms with Gasteiger partial charge < -0.3 is 9.47 Å². The zero-order valence-electron chi connectivity index (χ0n) is 17.9. The number of halogens is 1. The summed E-state index contributed by atoms with van der Waals surface area (Å²) in [6.07, 6.45) is 2.72. The molecule has 1 aliphatic rings. The van der Waals surface area contributed by atoms with Crippen LogP contribution in [0.4, 0.5) is 0 Å². The first-order valence-electron chi connectivity index (χ1n) is 10.1. The summed E-state index contributed by atoms with van der Waals surface area (Å²) in [6.45, 7) is 2.92. The van der Waals surface area contributed by atoms with E-state index in [1.54, 1.807) is 30.3 Å². The van der Waals surface area contributed by atoms with Crippen molar-refractivity contribution in [3.63, 3.8) is 0 Å². The van der Waals surface area contributed by atoms with Crippen molar-refractivity contribution in [3.8, 4) is 5.75 Å². The van der Waals surface area contributed by atoms with Crippen molar-refractivity contribution in [1.29, 1.82) is 0 Å². The molecule has 2 aromatic rings. The average molecular weight is 494 g/mol. The molecule has 0 aliphatic carbocycles. The molecule has 11 heteroatoms. The number of benzene rings is 2. The number of nitrogens with one attached hydrogen (secondary N) is 2. The van der Waals surface area contributed by atoms with Gasteiger partial charge in [0.2, 0.25) is 10.0 Å². The second-order valence-corrected chi connectivity index (χ2v) is 9.50. The lowest BCUT2D eigenvalue weighted by Gasteiger charge is -2.26. The van der Waals surface area contributed by atoms with Crippen molar-refractivity contribution in [2.45, 2.75) is 11.8 Å². The maximum atomic E-state index is 12.6. The van der Waals surface area contributed by atoms with E-state index in [0.29, 0.717) is 42.6 Å². The molecular formula is C22H24ClN3O6S. The molecule has 176 valence electrons. The molecule has 9 nitrogen and oxygen atoms in total. The number of hydrazine groups is 1. The molecule has 2 N–H and O–H groups in total. The largest absolute Gasteiger partial charge is 0.484 e. The van der Waals surface area contributed by atoms with Crippen LogP contribution in [0.1, 0.15) is 11.1 Å². The van der Waals surface area contributed by atoms with Crippen LogP contribution in [0.15, 0.2) is 53.4 Å². The second kappa shape index (κ2) is 11.3. The SMILES string of the molecule is Cc1cc(OCC(=O)NNC(=O)/C=C/c2ccc(S(=O)(=O)N3CCOCC3)cc2)ccc1Cl. The van der Waals surface area contributed by atoms with Gasteiger partial charge in [0.25, 0.3) is 11.8 Å². The molecule has 1 saturated heterocycles. The molecule has 0 unspecified atom stereocenters. The normalized spacial score (nSPS) is 14.7. The summed E-state index contributed by atoms with van der Waals surface area (Å²) in [5.41, 5.74) is 5.93. The summed E-state index contributed by atoms with van der Waals surface area (Å²) >= 11 is 5.94. The highest BCUT2D eigenvalue weighted by molar-refractivity contribution is 7.89. The number of amides is 2. The molecule has 1 fully saturated rings. The number of hydrogen-bond acceptors (Lipinski definition) is 6. The summed E-state index contributed by atoms with van der Waals surface area (Å²) < 4.78 is 37.2. The van der Waals surface area contributed by atoms with Gasteiger partial charge in [-0.25, -0.2) is 8.42 Å². The van der Waals surface area contributed by atoms with Crippen LogP contribution >= 0.6 is 11.6 Å². The van der Waals surface area contributed by atoms with Crippen molar-refractivity contribution < 1.29 is 27.5 Å². The van der Waals surface area contributed by atoms with Gasteiger partial charge in [-0.2, -0.15) is 4.31 Å². The maximum absolute atomic E-state index is 12.6. The number of rotatable bonds is 7. The van der Waals surface area contributed by atoms with Crippen molar-refractivity contribution in [1.82, 2.24) is 15.2 Å². The number of nitrogens with zero attached hydrogens (tertiary/aromatic N) is 1. The van der Waals surface area contributed by atoms with Gasteiger partial charge in [-0.3, -0.25) is 20.4 Å². The van der Waals surface area contributed by atoms with Crippen molar-refractivity contribution >= 4 is 39.5 Å². The minimum atomic E-state index is -3.57. The molecule has 3 rings (SSSR count). The highest BCUT2D eigenvalue weighted by Gasteiger charge is 2.25. The molecule has 0 radical (unpaired) electrons. The lowest BCUT2D eigenvalue weighted by Crippen LogP contribution is -2.43. The first kappa shape index (κ1) is 24.7. The standard InChI is InChI=1S/C22H24ClN3O6S/c1-16-14-18(5-8-20(16)23)32-15-22(28)25-24-21(27)9-4-17-2-6-19(7-3-17)33(29,30)26-10-12-31-13-11-26/h2-9,14H,10-13,15H2,1H3,(H,24,27)(H,25,28)/b9-4+. The second-order valence-electron chi connectivity index (χ2n) is 7.16. The fraction of sp³-hybridized carbons (Fsp3) is 0.273. The van der Waals surface area contributed by atoms with Crippen LogP contribution < -0.4 is 15.6 Å². The van der Waals surface area contributed by atoms with Crippen LogP contribution in [-0.4, -0.2) is 57.4 Å². The fourth-order valence-electron chi connectivity index (χ4n) is 2.92. The average Bonchev–Trinajstić information content (AvgIpc) is 2.83. The van der Waals surface area contributed by atoms with E-state index < -0.39 is 21.8 Å². The Hall–Kier alpha value is -2.92. The van der Waals surface area contributed by atoms with E-state index in [1.165, 1.54) is 28.6 Å². The van der Waals surface area contributed by atoms with Gasteiger partial charge in [-0.05, 0) is 54.5 Å². The topological polar surface area (TPSA) is 114 Å². The lowest BCUT2D eigenvalue weighted by atomic mass is 10.2. The zero-order chi connectivity index (χ0) is 23.8. The number of hydrogen-bond donors (Lipinski definition) is 2. The number of aryl methyl sites for hydroxylation is 1. The van der Waals surface area contributed by atoms with Crippen molar-refractivity contribution in [2.24, 2.45) is 0 Å². The van der Waals surface area contributed by atoms with Gasteiger partial charge in [0.15, 0.2) is 6.61 Å². The summed E-state index contributed by atoms with van der Waals surface area (Å²) in [4.78, 5) is 23.9. The monoisotopic (exact) mass is 493 g/mol.